The fraction of sp³-hybridized carbons (Fsp3) is 0.333. The van der Waals surface area contributed by atoms with E-state index in [0.717, 1.165) is 39.6 Å². The van der Waals surface area contributed by atoms with Gasteiger partial charge < -0.3 is 4.90 Å². The summed E-state index contributed by atoms with van der Waals surface area (Å²) >= 11 is 2.85. The predicted molar refractivity (Wildman–Crippen MR) is 114 cm³/mol. The highest BCUT2D eigenvalue weighted by Crippen LogP contribution is 2.32. The number of aryl methyl sites for hydroxylation is 2. The van der Waals surface area contributed by atoms with Crippen LogP contribution in [0.15, 0.2) is 40.7 Å². The minimum Gasteiger partial charge on any atom is -0.311 e. The van der Waals surface area contributed by atoms with Crippen LogP contribution in [-0.4, -0.2) is 23.2 Å². The van der Waals surface area contributed by atoms with Crippen molar-refractivity contribution in [3.63, 3.8) is 0 Å². The van der Waals surface area contributed by atoms with Crippen molar-refractivity contribution in [2.75, 3.05) is 17.2 Å². The molecule has 6 heteroatoms. The minimum absolute atomic E-state index is 0.0974. The molecule has 3 aromatic rings. The molecule has 1 aliphatic rings. The lowest BCUT2D eigenvalue weighted by molar-refractivity contribution is -0.116. The SMILES string of the molecule is CC.Cc1ccc2c(c1)CCCN2C(=O)CSc1nc2ccc(F)cc2s1. The highest BCUT2D eigenvalue weighted by atomic mass is 32.2. The van der Waals surface area contributed by atoms with Gasteiger partial charge in [-0.05, 0) is 49.6 Å². The number of hydrogen-bond donors (Lipinski definition) is 0. The van der Waals surface area contributed by atoms with Gasteiger partial charge in [0.05, 0.1) is 16.0 Å². The van der Waals surface area contributed by atoms with E-state index in [1.165, 1.54) is 46.4 Å². The molecular weight excluding hydrogens is 379 g/mol. The third-order valence-electron chi connectivity index (χ3n) is 4.30. The van der Waals surface area contributed by atoms with Crippen LogP contribution >= 0.6 is 23.1 Å². The third-order valence-corrected chi connectivity index (χ3v) is 6.45. The van der Waals surface area contributed by atoms with Gasteiger partial charge in [0.15, 0.2) is 4.34 Å². The number of carbonyl (C=O) groups excluding carboxylic acids is 1. The molecule has 0 fully saturated rings. The van der Waals surface area contributed by atoms with E-state index >= 15 is 0 Å². The molecule has 0 spiro atoms. The Hall–Kier alpha value is -1.92. The number of benzene rings is 2. The molecule has 1 aromatic heterocycles. The van der Waals surface area contributed by atoms with E-state index in [-0.39, 0.29) is 11.7 Å². The number of rotatable bonds is 3. The van der Waals surface area contributed by atoms with Crippen molar-refractivity contribution in [3.8, 4) is 0 Å². The van der Waals surface area contributed by atoms with Gasteiger partial charge in [0.1, 0.15) is 5.82 Å². The number of amides is 1. The maximum Gasteiger partial charge on any atom is 0.237 e. The number of anilines is 1. The van der Waals surface area contributed by atoms with Crippen LogP contribution in [0.3, 0.4) is 0 Å². The second-order valence-corrected chi connectivity index (χ2v) is 8.41. The highest BCUT2D eigenvalue weighted by molar-refractivity contribution is 8.01. The summed E-state index contributed by atoms with van der Waals surface area (Å²) in [6.07, 6.45) is 2.02. The number of thiazole rings is 1. The number of halogens is 1. The number of carbonyl (C=O) groups is 1. The number of aromatic nitrogens is 1. The molecule has 0 radical (unpaired) electrons. The average molecular weight is 403 g/mol. The molecule has 142 valence electrons. The summed E-state index contributed by atoms with van der Waals surface area (Å²) in [5.41, 5.74) is 4.29. The van der Waals surface area contributed by atoms with Gasteiger partial charge in [-0.3, -0.25) is 4.79 Å². The maximum atomic E-state index is 13.3. The van der Waals surface area contributed by atoms with Crippen LogP contribution in [0.4, 0.5) is 10.1 Å². The molecule has 2 heterocycles. The lowest BCUT2D eigenvalue weighted by Gasteiger charge is -2.29. The van der Waals surface area contributed by atoms with Crippen molar-refractivity contribution in [1.29, 1.82) is 0 Å². The van der Waals surface area contributed by atoms with Crippen molar-refractivity contribution in [3.05, 3.63) is 53.3 Å². The van der Waals surface area contributed by atoms with Gasteiger partial charge in [-0.15, -0.1) is 11.3 Å². The first kappa shape index (κ1) is 19.8. The van der Waals surface area contributed by atoms with Crippen LogP contribution in [-0.2, 0) is 11.2 Å². The van der Waals surface area contributed by atoms with Gasteiger partial charge in [-0.1, -0.05) is 43.3 Å². The molecule has 0 bridgehead atoms. The van der Waals surface area contributed by atoms with E-state index in [9.17, 15) is 9.18 Å². The Balaban J connectivity index is 0.00000102. The van der Waals surface area contributed by atoms with Gasteiger partial charge in [0.2, 0.25) is 5.91 Å². The van der Waals surface area contributed by atoms with Gasteiger partial charge in [-0.25, -0.2) is 9.37 Å². The topological polar surface area (TPSA) is 33.2 Å². The second kappa shape index (κ2) is 8.85. The van der Waals surface area contributed by atoms with E-state index in [2.05, 4.69) is 24.0 Å². The quantitative estimate of drug-likeness (QED) is 0.516. The third kappa shape index (κ3) is 4.50. The summed E-state index contributed by atoms with van der Waals surface area (Å²) in [4.78, 5) is 19.1. The molecule has 0 saturated carbocycles. The molecule has 0 saturated heterocycles. The number of nitrogens with zero attached hydrogens (tertiary/aromatic N) is 2. The van der Waals surface area contributed by atoms with Crippen LogP contribution in [0, 0.1) is 12.7 Å². The normalized spacial score (nSPS) is 13.1. The Morgan fingerprint density at radius 1 is 1.26 bits per heavy atom. The van der Waals surface area contributed by atoms with Gasteiger partial charge in [0, 0.05) is 12.2 Å². The molecule has 4 rings (SSSR count). The van der Waals surface area contributed by atoms with E-state index in [4.69, 9.17) is 0 Å². The number of fused-ring (bicyclic) bond motifs is 2. The summed E-state index contributed by atoms with van der Waals surface area (Å²) in [6, 6.07) is 10.9. The van der Waals surface area contributed by atoms with Crippen molar-refractivity contribution >= 4 is 44.9 Å². The molecule has 3 nitrogen and oxygen atoms in total. The monoisotopic (exact) mass is 402 g/mol. The van der Waals surface area contributed by atoms with E-state index in [1.807, 2.05) is 24.8 Å². The van der Waals surface area contributed by atoms with E-state index < -0.39 is 0 Å². The first-order valence-corrected chi connectivity index (χ1v) is 11.0. The first-order valence-electron chi connectivity index (χ1n) is 9.19. The summed E-state index contributed by atoms with van der Waals surface area (Å²) in [5, 5.41) is 0. The molecule has 0 aliphatic carbocycles. The zero-order chi connectivity index (χ0) is 19.4. The predicted octanol–water partition coefficient (Wildman–Crippen LogP) is 5.84. The van der Waals surface area contributed by atoms with E-state index in [1.54, 1.807) is 6.07 Å². The number of hydrogen-bond acceptors (Lipinski definition) is 4. The van der Waals surface area contributed by atoms with Crippen molar-refractivity contribution < 1.29 is 9.18 Å². The van der Waals surface area contributed by atoms with Gasteiger partial charge in [-0.2, -0.15) is 0 Å². The first-order chi connectivity index (χ1) is 13.1. The molecular formula is C21H23FN2OS2. The minimum atomic E-state index is -0.260. The Morgan fingerprint density at radius 2 is 2.07 bits per heavy atom. The lowest BCUT2D eigenvalue weighted by atomic mass is 10.00. The van der Waals surface area contributed by atoms with Crippen LogP contribution < -0.4 is 4.90 Å². The molecule has 1 aliphatic heterocycles. The van der Waals surface area contributed by atoms with E-state index in [0.29, 0.717) is 5.75 Å². The standard InChI is InChI=1S/C19H17FN2OS2.C2H6/c1-12-4-7-16-13(9-12)3-2-8-22(16)18(23)11-24-19-21-15-6-5-14(20)10-17(15)25-19;1-2/h4-7,9-10H,2-3,8,11H2,1H3;1-2H3. The number of thioether (sulfide) groups is 1. The Morgan fingerprint density at radius 3 is 2.89 bits per heavy atom. The van der Waals surface area contributed by atoms with Crippen LogP contribution in [0.2, 0.25) is 0 Å². The fourth-order valence-electron chi connectivity index (χ4n) is 3.13. The largest absolute Gasteiger partial charge is 0.311 e. The zero-order valence-corrected chi connectivity index (χ0v) is 17.4. The van der Waals surface area contributed by atoms with Crippen molar-refractivity contribution in [1.82, 2.24) is 4.98 Å². The van der Waals surface area contributed by atoms with Gasteiger partial charge in [0.25, 0.3) is 0 Å². The zero-order valence-electron chi connectivity index (χ0n) is 15.8. The Kier molecular flexibility index (Phi) is 6.50. The van der Waals surface area contributed by atoms with Crippen LogP contribution in [0.1, 0.15) is 31.4 Å². The second-order valence-electron chi connectivity index (χ2n) is 6.16. The van der Waals surface area contributed by atoms with Crippen molar-refractivity contribution in [2.24, 2.45) is 0 Å². The van der Waals surface area contributed by atoms with Crippen LogP contribution in [0.5, 0.6) is 0 Å². The lowest BCUT2D eigenvalue weighted by Crippen LogP contribution is -2.36. The maximum absolute atomic E-state index is 13.3. The smallest absolute Gasteiger partial charge is 0.237 e. The molecule has 27 heavy (non-hydrogen) atoms. The molecule has 1 amide bonds. The summed E-state index contributed by atoms with van der Waals surface area (Å²) in [7, 11) is 0. The molecule has 0 unspecified atom stereocenters. The van der Waals surface area contributed by atoms with Crippen molar-refractivity contribution in [2.45, 2.75) is 38.0 Å². The van der Waals surface area contributed by atoms with Gasteiger partial charge >= 0.3 is 0 Å². The molecule has 2 aromatic carbocycles. The summed E-state index contributed by atoms with van der Waals surface area (Å²) in [6.45, 7) is 6.84. The highest BCUT2D eigenvalue weighted by Gasteiger charge is 2.22. The Labute approximate surface area is 167 Å². The fourth-order valence-corrected chi connectivity index (χ4v) is 5.09. The molecule has 0 atom stereocenters. The Bertz CT molecular complexity index is 955. The van der Waals surface area contributed by atoms with Crippen LogP contribution in [0.25, 0.3) is 10.2 Å². The molecule has 0 N–H and O–H groups in total. The summed E-state index contributed by atoms with van der Waals surface area (Å²) < 4.78 is 14.9. The summed E-state index contributed by atoms with van der Waals surface area (Å²) in [5.74, 6) is 0.180. The average Bonchev–Trinajstić information content (AvgIpc) is 3.09.